The van der Waals surface area contributed by atoms with E-state index in [-0.39, 0.29) is 6.42 Å². The lowest BCUT2D eigenvalue weighted by molar-refractivity contribution is -0.169. The van der Waals surface area contributed by atoms with Crippen LogP contribution in [0.2, 0.25) is 0 Å². The molecule has 1 rings (SSSR count). The molecule has 1 unspecified atom stereocenters. The van der Waals surface area contributed by atoms with E-state index in [0.29, 0.717) is 5.56 Å². The van der Waals surface area contributed by atoms with E-state index >= 15 is 0 Å². The number of esters is 2. The lowest BCUT2D eigenvalue weighted by atomic mass is 9.97. The summed E-state index contributed by atoms with van der Waals surface area (Å²) in [5, 5.41) is 14.3. The Hall–Kier alpha value is -3.47. The van der Waals surface area contributed by atoms with E-state index in [9.17, 15) is 29.1 Å². The summed E-state index contributed by atoms with van der Waals surface area (Å²) in [6, 6.07) is 5.60. The summed E-state index contributed by atoms with van der Waals surface area (Å²) in [5.74, 6) is -7.77. The molecule has 1 aromatic rings. The number of nitrogens with one attached hydrogen (secondary N) is 2. The van der Waals surface area contributed by atoms with Crippen molar-refractivity contribution >= 4 is 29.7 Å². The van der Waals surface area contributed by atoms with Crippen LogP contribution in [0.3, 0.4) is 0 Å². The molecule has 2 amide bonds. The Morgan fingerprint density at radius 3 is 1.86 bits per heavy atom. The fourth-order valence-corrected chi connectivity index (χ4v) is 2.95. The first-order valence-corrected chi connectivity index (χ1v) is 11.1. The Kier molecular flexibility index (Phi) is 10.4. The van der Waals surface area contributed by atoms with Crippen LogP contribution in [0.4, 0.5) is 0 Å². The molecule has 0 aromatic heterocycles. The van der Waals surface area contributed by atoms with Gasteiger partial charge in [-0.2, -0.15) is 0 Å². The van der Waals surface area contributed by atoms with Gasteiger partial charge in [-0.1, -0.05) is 30.3 Å². The first kappa shape index (κ1) is 29.6. The highest BCUT2D eigenvalue weighted by molar-refractivity contribution is 6.03. The molecule has 0 saturated carbocycles. The fraction of sp³-hybridized carbons (Fsp3) is 0.542. The number of aliphatic carboxylic acids is 1. The molecule has 5 N–H and O–H groups in total. The Bertz CT molecular complexity index is 919. The third-order valence-electron chi connectivity index (χ3n) is 4.33. The maximum absolute atomic E-state index is 13.2. The minimum absolute atomic E-state index is 0.0171. The first-order valence-electron chi connectivity index (χ1n) is 11.1. The molecule has 11 heteroatoms. The summed E-state index contributed by atoms with van der Waals surface area (Å²) in [7, 11) is 0. The molecule has 0 spiro atoms. The molecule has 0 heterocycles. The van der Waals surface area contributed by atoms with Crippen LogP contribution in [0.1, 0.15) is 47.1 Å². The predicted molar refractivity (Wildman–Crippen MR) is 126 cm³/mol. The number of carboxylic acid groups (broad SMARTS) is 1. The van der Waals surface area contributed by atoms with Crippen LogP contribution >= 0.6 is 0 Å². The Morgan fingerprint density at radius 2 is 1.40 bits per heavy atom. The van der Waals surface area contributed by atoms with Gasteiger partial charge in [0, 0.05) is 6.42 Å². The quantitative estimate of drug-likeness (QED) is 0.268. The van der Waals surface area contributed by atoms with Crippen molar-refractivity contribution in [3.63, 3.8) is 0 Å². The zero-order valence-corrected chi connectivity index (χ0v) is 20.9. The molecule has 0 aliphatic rings. The Balaban J connectivity index is 3.34. The van der Waals surface area contributed by atoms with Gasteiger partial charge in [0.25, 0.3) is 0 Å². The van der Waals surface area contributed by atoms with Crippen molar-refractivity contribution in [3.05, 3.63) is 35.9 Å². The normalized spacial score (nSPS) is 14.1. The first-order chi connectivity index (χ1) is 16.0. The van der Waals surface area contributed by atoms with E-state index in [1.165, 1.54) is 20.8 Å². The van der Waals surface area contributed by atoms with E-state index in [1.54, 1.807) is 51.1 Å². The molecule has 0 saturated heterocycles. The zero-order chi connectivity index (χ0) is 27.0. The maximum Gasteiger partial charge on any atom is 0.329 e. The number of benzene rings is 1. The van der Waals surface area contributed by atoms with Crippen LogP contribution in [-0.4, -0.2) is 64.7 Å². The predicted octanol–water partition coefficient (Wildman–Crippen LogP) is 0.542. The average Bonchev–Trinajstić information content (AvgIpc) is 2.70. The van der Waals surface area contributed by atoms with Gasteiger partial charge < -0.3 is 30.9 Å². The van der Waals surface area contributed by atoms with Gasteiger partial charge >= 0.3 is 17.9 Å². The third-order valence-corrected chi connectivity index (χ3v) is 4.33. The van der Waals surface area contributed by atoms with Crippen molar-refractivity contribution in [1.82, 2.24) is 10.6 Å². The summed E-state index contributed by atoms with van der Waals surface area (Å²) in [5.41, 5.74) is 4.07. The third kappa shape index (κ3) is 10.6. The van der Waals surface area contributed by atoms with Crippen LogP contribution in [0.25, 0.3) is 0 Å². The lowest BCUT2D eigenvalue weighted by Gasteiger charge is -2.29. The number of rotatable bonds is 10. The molecule has 11 nitrogen and oxygen atoms in total. The Morgan fingerprint density at radius 1 is 0.886 bits per heavy atom. The van der Waals surface area contributed by atoms with Crippen molar-refractivity contribution in [2.24, 2.45) is 11.7 Å². The van der Waals surface area contributed by atoms with Gasteiger partial charge in [-0.05, 0) is 47.1 Å². The largest absolute Gasteiger partial charge is 0.481 e. The second kappa shape index (κ2) is 12.3. The molecule has 1 aromatic carbocycles. The molecule has 0 aliphatic carbocycles. The lowest BCUT2D eigenvalue weighted by Crippen LogP contribution is -2.59. The summed E-state index contributed by atoms with van der Waals surface area (Å²) in [4.78, 5) is 62.8. The van der Waals surface area contributed by atoms with Crippen molar-refractivity contribution in [3.8, 4) is 0 Å². The standard InChI is InChI=1S/C24H35N3O8/c1-23(2,3)34-21(32)15(12-14-10-8-7-9-11-14)26-19(29)18(27-16(28)13-25)17(20(30)31)22(33)35-24(4,5)6/h7-11,15,17-18H,12-13,25H2,1-6H3,(H,26,29)(H,27,28)(H,30,31)/t15-,17?,18-/m0/s1. The van der Waals surface area contributed by atoms with E-state index in [2.05, 4.69) is 10.6 Å². The number of carboxylic acids is 1. The molecule has 194 valence electrons. The molecule has 35 heavy (non-hydrogen) atoms. The van der Waals surface area contributed by atoms with Crippen LogP contribution in [0, 0.1) is 5.92 Å². The van der Waals surface area contributed by atoms with Gasteiger partial charge in [-0.15, -0.1) is 0 Å². The molecule has 3 atom stereocenters. The number of carbonyl (C=O) groups excluding carboxylic acids is 4. The van der Waals surface area contributed by atoms with Crippen molar-refractivity contribution in [2.75, 3.05) is 6.54 Å². The molecule has 0 bridgehead atoms. The monoisotopic (exact) mass is 493 g/mol. The molecular formula is C24H35N3O8. The summed E-state index contributed by atoms with van der Waals surface area (Å²) in [6.07, 6.45) is 0.0171. The SMILES string of the molecule is CC(C)(C)OC(=O)C(C(=O)O)[C@H](NC(=O)CN)C(=O)N[C@@H](Cc1ccccc1)C(=O)OC(C)(C)C. The molecule has 0 fully saturated rings. The highest BCUT2D eigenvalue weighted by Gasteiger charge is 2.44. The van der Waals surface area contributed by atoms with Crippen LogP contribution in [-0.2, 0) is 39.9 Å². The minimum Gasteiger partial charge on any atom is -0.481 e. The van der Waals surface area contributed by atoms with Gasteiger partial charge in [0.1, 0.15) is 23.3 Å². The van der Waals surface area contributed by atoms with E-state index in [0.717, 1.165) is 0 Å². The summed E-state index contributed by atoms with van der Waals surface area (Å²) >= 11 is 0. The average molecular weight is 494 g/mol. The summed E-state index contributed by atoms with van der Waals surface area (Å²) < 4.78 is 10.6. The van der Waals surface area contributed by atoms with Crippen molar-refractivity contribution in [1.29, 1.82) is 0 Å². The maximum atomic E-state index is 13.2. The number of amides is 2. The van der Waals surface area contributed by atoms with E-state index in [4.69, 9.17) is 15.2 Å². The topological polar surface area (TPSA) is 174 Å². The molecular weight excluding hydrogens is 458 g/mol. The highest BCUT2D eigenvalue weighted by atomic mass is 16.6. The van der Waals surface area contributed by atoms with Gasteiger partial charge in [-0.25, -0.2) is 4.79 Å². The fourth-order valence-electron chi connectivity index (χ4n) is 2.95. The van der Waals surface area contributed by atoms with Crippen molar-refractivity contribution in [2.45, 2.75) is 71.2 Å². The van der Waals surface area contributed by atoms with Crippen LogP contribution in [0.15, 0.2) is 30.3 Å². The smallest absolute Gasteiger partial charge is 0.329 e. The van der Waals surface area contributed by atoms with E-state index in [1.807, 2.05) is 0 Å². The van der Waals surface area contributed by atoms with E-state index < -0.39 is 65.5 Å². The zero-order valence-electron chi connectivity index (χ0n) is 20.9. The van der Waals surface area contributed by atoms with Crippen LogP contribution in [0.5, 0.6) is 0 Å². The number of ether oxygens (including phenoxy) is 2. The summed E-state index contributed by atoms with van der Waals surface area (Å²) in [6.45, 7) is 8.96. The number of nitrogens with two attached hydrogens (primary N) is 1. The minimum atomic E-state index is -2.10. The van der Waals surface area contributed by atoms with Gasteiger partial charge in [-0.3, -0.25) is 19.2 Å². The highest BCUT2D eigenvalue weighted by Crippen LogP contribution is 2.17. The molecule has 0 radical (unpaired) electrons. The second-order valence-corrected chi connectivity index (χ2v) is 9.88. The van der Waals surface area contributed by atoms with Crippen LogP contribution < -0.4 is 16.4 Å². The Labute approximate surface area is 204 Å². The number of carbonyl (C=O) groups is 5. The van der Waals surface area contributed by atoms with Gasteiger partial charge in [0.2, 0.25) is 11.8 Å². The van der Waals surface area contributed by atoms with Crippen molar-refractivity contribution < 1.29 is 38.6 Å². The second-order valence-electron chi connectivity index (χ2n) is 9.88. The molecule has 0 aliphatic heterocycles. The van der Waals surface area contributed by atoms with Gasteiger partial charge in [0.05, 0.1) is 6.54 Å². The number of hydrogen-bond acceptors (Lipinski definition) is 8. The number of hydrogen-bond donors (Lipinski definition) is 4. The van der Waals surface area contributed by atoms with Gasteiger partial charge in [0.15, 0.2) is 5.92 Å².